The molecule has 0 aliphatic carbocycles. The minimum Gasteiger partial charge on any atom is -0.344 e. The summed E-state index contributed by atoms with van der Waals surface area (Å²) in [5.41, 5.74) is 2.03. The molecule has 0 aromatic heterocycles. The Hall–Kier alpha value is -0.490. The SMILES string of the molecule is N.NS(=O)(=O)c1ccc(CBr)cc1.O=S(=O)(Cl)c1ccc(CBr)cc1. The Morgan fingerprint density at radius 3 is 1.32 bits per heavy atom. The van der Waals surface area contributed by atoms with E-state index in [1.165, 1.54) is 24.3 Å². The van der Waals surface area contributed by atoms with Gasteiger partial charge in [0.1, 0.15) is 0 Å². The summed E-state index contributed by atoms with van der Waals surface area (Å²) in [5, 5.41) is 6.32. The zero-order valence-electron chi connectivity index (χ0n) is 12.9. The van der Waals surface area contributed by atoms with E-state index in [2.05, 4.69) is 31.9 Å². The first-order chi connectivity index (χ1) is 11.1. The van der Waals surface area contributed by atoms with Crippen LogP contribution in [0.1, 0.15) is 11.1 Å². The Balaban J connectivity index is 0.000000443. The first-order valence-electron chi connectivity index (χ1n) is 6.35. The van der Waals surface area contributed by atoms with E-state index < -0.39 is 19.1 Å². The van der Waals surface area contributed by atoms with Crippen molar-refractivity contribution in [3.63, 3.8) is 0 Å². The van der Waals surface area contributed by atoms with Gasteiger partial charge in [0.15, 0.2) is 0 Å². The molecule has 140 valence electrons. The molecular formula is C14H17Br2ClN2O4S2. The molecular weight excluding hydrogens is 520 g/mol. The lowest BCUT2D eigenvalue weighted by Gasteiger charge is -1.98. The van der Waals surface area contributed by atoms with Gasteiger partial charge in [-0.05, 0) is 35.4 Å². The van der Waals surface area contributed by atoms with E-state index in [9.17, 15) is 16.8 Å². The number of halogens is 3. The Morgan fingerprint density at radius 2 is 1.08 bits per heavy atom. The van der Waals surface area contributed by atoms with Crippen LogP contribution in [0, 0.1) is 0 Å². The molecule has 11 heteroatoms. The van der Waals surface area contributed by atoms with Crippen LogP contribution in [0.15, 0.2) is 58.3 Å². The van der Waals surface area contributed by atoms with Crippen LogP contribution in [-0.2, 0) is 29.7 Å². The first-order valence-corrected chi connectivity index (χ1v) is 12.4. The van der Waals surface area contributed by atoms with Gasteiger partial charge in [-0.3, -0.25) is 0 Å². The molecule has 0 radical (unpaired) electrons. The summed E-state index contributed by atoms with van der Waals surface area (Å²) in [6.07, 6.45) is 0. The van der Waals surface area contributed by atoms with Gasteiger partial charge in [-0.15, -0.1) is 0 Å². The number of nitrogens with two attached hydrogens (primary N) is 1. The molecule has 2 rings (SSSR count). The van der Waals surface area contributed by atoms with Gasteiger partial charge in [0.2, 0.25) is 10.0 Å². The Bertz CT molecular complexity index is 797. The predicted molar refractivity (Wildman–Crippen MR) is 108 cm³/mol. The summed E-state index contributed by atoms with van der Waals surface area (Å²) in [7, 11) is -2.00. The molecule has 0 spiro atoms. The zero-order chi connectivity index (χ0) is 18.4. The zero-order valence-corrected chi connectivity index (χ0v) is 18.5. The van der Waals surface area contributed by atoms with E-state index in [-0.39, 0.29) is 15.9 Å². The van der Waals surface area contributed by atoms with Crippen LogP contribution < -0.4 is 11.3 Å². The number of rotatable bonds is 4. The molecule has 0 saturated heterocycles. The summed E-state index contributed by atoms with van der Waals surface area (Å²) in [4.78, 5) is 0.279. The second-order valence-electron chi connectivity index (χ2n) is 4.54. The molecule has 2 aromatic carbocycles. The van der Waals surface area contributed by atoms with Gasteiger partial charge in [-0.25, -0.2) is 22.0 Å². The van der Waals surface area contributed by atoms with Crippen LogP contribution in [0.3, 0.4) is 0 Å². The molecule has 0 aliphatic rings. The van der Waals surface area contributed by atoms with Gasteiger partial charge in [0.05, 0.1) is 9.79 Å². The standard InChI is InChI=1S/C7H6BrClO2S.C7H8BrNO2S.H3N/c2*8-5-6-1-3-7(4-2-6)12(9,10)11;/h1-4H,5H2;1-4H,5H2,(H2,9,10,11);1H3. The molecule has 0 amide bonds. The van der Waals surface area contributed by atoms with Gasteiger partial charge >= 0.3 is 0 Å². The number of benzene rings is 2. The Labute approximate surface area is 169 Å². The van der Waals surface area contributed by atoms with Crippen molar-refractivity contribution in [2.45, 2.75) is 20.5 Å². The van der Waals surface area contributed by atoms with Crippen LogP contribution >= 0.6 is 42.5 Å². The predicted octanol–water partition coefficient (Wildman–Crippen LogP) is 3.90. The molecule has 25 heavy (non-hydrogen) atoms. The summed E-state index contributed by atoms with van der Waals surface area (Å²) in [6.45, 7) is 0. The lowest BCUT2D eigenvalue weighted by molar-refractivity contribution is 0.597. The summed E-state index contributed by atoms with van der Waals surface area (Å²) < 4.78 is 43.2. The third-order valence-corrected chi connectivity index (χ3v) is 6.36. The van der Waals surface area contributed by atoms with E-state index in [0.29, 0.717) is 10.7 Å². The fraction of sp³-hybridized carbons (Fsp3) is 0.143. The van der Waals surface area contributed by atoms with E-state index in [1.807, 2.05) is 0 Å². The normalized spacial score (nSPS) is 11.0. The third kappa shape index (κ3) is 8.63. The third-order valence-electron chi connectivity index (χ3n) is 2.77. The summed E-state index contributed by atoms with van der Waals surface area (Å²) in [6, 6.07) is 12.8. The molecule has 0 heterocycles. The largest absolute Gasteiger partial charge is 0.344 e. The number of primary sulfonamides is 1. The first kappa shape index (κ1) is 24.5. The number of hydrogen-bond donors (Lipinski definition) is 2. The van der Waals surface area contributed by atoms with Gasteiger partial charge in [-0.1, -0.05) is 56.1 Å². The van der Waals surface area contributed by atoms with Gasteiger partial charge in [-0.2, -0.15) is 0 Å². The van der Waals surface area contributed by atoms with Crippen molar-refractivity contribution in [3.05, 3.63) is 59.7 Å². The minimum atomic E-state index is -3.57. The average Bonchev–Trinajstić information content (AvgIpc) is 2.54. The van der Waals surface area contributed by atoms with Crippen LogP contribution in [0.2, 0.25) is 0 Å². The molecule has 2 aromatic rings. The number of hydrogen-bond acceptors (Lipinski definition) is 5. The second-order valence-corrected chi connectivity index (χ2v) is 9.79. The molecule has 0 aliphatic heterocycles. The van der Waals surface area contributed by atoms with Crippen LogP contribution in [-0.4, -0.2) is 16.8 Å². The highest BCUT2D eigenvalue weighted by atomic mass is 79.9. The van der Waals surface area contributed by atoms with Crippen LogP contribution in [0.4, 0.5) is 0 Å². The quantitative estimate of drug-likeness (QED) is 0.452. The Kier molecular flexibility index (Phi) is 10.4. The smallest absolute Gasteiger partial charge is 0.261 e. The van der Waals surface area contributed by atoms with E-state index in [0.717, 1.165) is 11.1 Å². The minimum absolute atomic E-state index is 0. The maximum atomic E-state index is 10.8. The molecule has 5 N–H and O–H groups in total. The van der Waals surface area contributed by atoms with Crippen molar-refractivity contribution in [1.29, 1.82) is 0 Å². The molecule has 0 fully saturated rings. The highest BCUT2D eigenvalue weighted by Crippen LogP contribution is 2.16. The molecule has 0 saturated carbocycles. The topological polar surface area (TPSA) is 129 Å². The lowest BCUT2D eigenvalue weighted by Crippen LogP contribution is -2.11. The van der Waals surface area contributed by atoms with Crippen LogP contribution in [0.25, 0.3) is 0 Å². The maximum absolute atomic E-state index is 10.8. The lowest BCUT2D eigenvalue weighted by atomic mass is 10.2. The second kappa shape index (κ2) is 10.6. The molecule has 6 nitrogen and oxygen atoms in total. The highest BCUT2D eigenvalue weighted by Gasteiger charge is 2.08. The van der Waals surface area contributed by atoms with Gasteiger partial charge < -0.3 is 6.15 Å². The van der Waals surface area contributed by atoms with E-state index >= 15 is 0 Å². The van der Waals surface area contributed by atoms with Crippen molar-refractivity contribution in [2.75, 3.05) is 0 Å². The van der Waals surface area contributed by atoms with E-state index in [4.69, 9.17) is 15.8 Å². The molecule has 0 bridgehead atoms. The maximum Gasteiger partial charge on any atom is 0.261 e. The summed E-state index contributed by atoms with van der Waals surface area (Å²) >= 11 is 6.50. The van der Waals surface area contributed by atoms with Crippen molar-refractivity contribution in [2.24, 2.45) is 5.14 Å². The number of sulfonamides is 1. The monoisotopic (exact) mass is 534 g/mol. The van der Waals surface area contributed by atoms with Crippen molar-refractivity contribution < 1.29 is 16.8 Å². The van der Waals surface area contributed by atoms with E-state index in [1.54, 1.807) is 24.3 Å². The van der Waals surface area contributed by atoms with Crippen molar-refractivity contribution in [1.82, 2.24) is 6.15 Å². The molecule has 0 atom stereocenters. The van der Waals surface area contributed by atoms with Crippen LogP contribution in [0.5, 0.6) is 0 Å². The average molecular weight is 537 g/mol. The summed E-state index contributed by atoms with van der Waals surface area (Å²) in [5.74, 6) is 0. The fourth-order valence-electron chi connectivity index (χ4n) is 1.51. The Morgan fingerprint density at radius 1 is 0.760 bits per heavy atom. The van der Waals surface area contributed by atoms with Crippen molar-refractivity contribution in [3.8, 4) is 0 Å². The van der Waals surface area contributed by atoms with Gasteiger partial charge in [0.25, 0.3) is 9.05 Å². The number of alkyl halides is 2. The fourth-order valence-corrected chi connectivity index (χ4v) is 3.54. The van der Waals surface area contributed by atoms with Gasteiger partial charge in [0, 0.05) is 21.3 Å². The highest BCUT2D eigenvalue weighted by molar-refractivity contribution is 9.08. The van der Waals surface area contributed by atoms with Crippen molar-refractivity contribution >= 4 is 61.6 Å². The molecule has 0 unspecified atom stereocenters.